The summed E-state index contributed by atoms with van der Waals surface area (Å²) in [4.78, 5) is 12.4. The van der Waals surface area contributed by atoms with Crippen LogP contribution in [0.15, 0.2) is 34.8 Å². The highest BCUT2D eigenvalue weighted by Crippen LogP contribution is 2.20. The van der Waals surface area contributed by atoms with Crippen LogP contribution in [0.2, 0.25) is 0 Å². The minimum absolute atomic E-state index is 0.143. The Morgan fingerprint density at radius 3 is 2.89 bits per heavy atom. The van der Waals surface area contributed by atoms with Crippen LogP contribution in [-0.4, -0.2) is 37.4 Å². The molecule has 2 N–H and O–H groups in total. The summed E-state index contributed by atoms with van der Waals surface area (Å²) in [5.74, 6) is 2.00. The van der Waals surface area contributed by atoms with Crippen molar-refractivity contribution in [3.05, 3.63) is 52.1 Å². The Morgan fingerprint density at radius 2 is 2.04 bits per heavy atom. The van der Waals surface area contributed by atoms with E-state index >= 15 is 0 Å². The van der Waals surface area contributed by atoms with E-state index in [0.29, 0.717) is 12.2 Å². The smallest absolute Gasteiger partial charge is 0.269 e. The van der Waals surface area contributed by atoms with Crippen molar-refractivity contribution >= 4 is 21.8 Å². The van der Waals surface area contributed by atoms with E-state index in [2.05, 4.69) is 46.2 Å². The van der Waals surface area contributed by atoms with Crippen LogP contribution < -0.4 is 5.32 Å². The molecule has 3 aromatic rings. The lowest BCUT2D eigenvalue weighted by molar-refractivity contribution is 0.0948. The number of fused-ring (bicyclic) bond motifs is 1. The lowest BCUT2D eigenvalue weighted by Gasteiger charge is -2.07. The van der Waals surface area contributed by atoms with E-state index in [9.17, 15) is 4.79 Å². The Balaban J connectivity index is 1.28. The van der Waals surface area contributed by atoms with Gasteiger partial charge in [0, 0.05) is 36.0 Å². The van der Waals surface area contributed by atoms with Crippen molar-refractivity contribution in [3.8, 4) is 11.3 Å². The first-order valence-electron chi connectivity index (χ1n) is 9.71. The fourth-order valence-electron chi connectivity index (χ4n) is 3.48. The molecule has 1 amide bonds. The van der Waals surface area contributed by atoms with Gasteiger partial charge in [-0.3, -0.25) is 9.89 Å². The van der Waals surface area contributed by atoms with Gasteiger partial charge in [0.05, 0.1) is 5.69 Å². The second kappa shape index (κ2) is 8.68. The van der Waals surface area contributed by atoms with Crippen LogP contribution in [0, 0.1) is 0 Å². The molecule has 1 aliphatic heterocycles. The first kappa shape index (κ1) is 18.9. The molecule has 0 atom stereocenters. The number of H-pyrrole nitrogens is 1. The molecule has 0 saturated heterocycles. The van der Waals surface area contributed by atoms with Gasteiger partial charge in [-0.1, -0.05) is 34.5 Å². The van der Waals surface area contributed by atoms with Crippen LogP contribution in [0.3, 0.4) is 0 Å². The quantitative estimate of drug-likeness (QED) is 0.571. The summed E-state index contributed by atoms with van der Waals surface area (Å²) in [5.41, 5.74) is 2.18. The number of rotatable bonds is 6. The molecular formula is C20H23BrN6O. The zero-order valence-electron chi connectivity index (χ0n) is 15.6. The fourth-order valence-corrected chi connectivity index (χ4v) is 3.74. The van der Waals surface area contributed by atoms with E-state index in [-0.39, 0.29) is 5.91 Å². The summed E-state index contributed by atoms with van der Waals surface area (Å²) in [6, 6.07) is 9.60. The second-order valence-corrected chi connectivity index (χ2v) is 7.94. The number of hydrogen-bond acceptors (Lipinski definition) is 4. The van der Waals surface area contributed by atoms with Gasteiger partial charge in [0.1, 0.15) is 17.3 Å². The summed E-state index contributed by atoms with van der Waals surface area (Å²) in [6.45, 7) is 1.60. The number of nitrogens with one attached hydrogen (secondary N) is 2. The van der Waals surface area contributed by atoms with E-state index in [1.807, 2.05) is 24.3 Å². The molecule has 8 heteroatoms. The van der Waals surface area contributed by atoms with Crippen LogP contribution in [0.5, 0.6) is 0 Å². The molecule has 28 heavy (non-hydrogen) atoms. The van der Waals surface area contributed by atoms with E-state index < -0.39 is 0 Å². The van der Waals surface area contributed by atoms with Crippen molar-refractivity contribution in [1.29, 1.82) is 0 Å². The molecule has 0 fully saturated rings. The van der Waals surface area contributed by atoms with Gasteiger partial charge < -0.3 is 9.88 Å². The summed E-state index contributed by atoms with van der Waals surface area (Å²) >= 11 is 3.42. The van der Waals surface area contributed by atoms with Gasteiger partial charge in [-0.2, -0.15) is 5.10 Å². The van der Waals surface area contributed by atoms with E-state index in [0.717, 1.165) is 53.2 Å². The molecule has 1 aromatic carbocycles. The molecule has 3 heterocycles. The Kier molecular flexibility index (Phi) is 5.85. The topological polar surface area (TPSA) is 88.5 Å². The van der Waals surface area contributed by atoms with Crippen molar-refractivity contribution in [2.24, 2.45) is 0 Å². The Labute approximate surface area is 172 Å². The predicted octanol–water partition coefficient (Wildman–Crippen LogP) is 3.52. The molecule has 0 radical (unpaired) electrons. The zero-order chi connectivity index (χ0) is 19.3. The van der Waals surface area contributed by atoms with Crippen LogP contribution in [-0.2, 0) is 19.4 Å². The number of carbonyl (C=O) groups is 1. The van der Waals surface area contributed by atoms with Crippen molar-refractivity contribution in [2.45, 2.75) is 45.1 Å². The molecule has 7 nitrogen and oxygen atoms in total. The lowest BCUT2D eigenvalue weighted by Crippen LogP contribution is -2.25. The van der Waals surface area contributed by atoms with Gasteiger partial charge in [0.2, 0.25) is 0 Å². The number of aromatic nitrogens is 5. The standard InChI is InChI=1S/C20H23BrN6O/c21-15-9-7-14(8-10-15)16-13-17(24-23-16)20(28)22-11-4-6-19-26-25-18-5-2-1-3-12-27(18)19/h7-10,13H,1-6,11-12H2,(H,22,28)(H,23,24). The Bertz CT molecular complexity index is 946. The normalized spacial score (nSPS) is 13.8. The van der Waals surface area contributed by atoms with Crippen molar-refractivity contribution in [2.75, 3.05) is 6.54 Å². The number of nitrogens with zero attached hydrogens (tertiary/aromatic N) is 4. The molecule has 1 aliphatic rings. The zero-order valence-corrected chi connectivity index (χ0v) is 17.2. The fraction of sp³-hybridized carbons (Fsp3) is 0.400. The minimum atomic E-state index is -0.143. The van der Waals surface area contributed by atoms with Crippen LogP contribution in [0.25, 0.3) is 11.3 Å². The highest BCUT2D eigenvalue weighted by atomic mass is 79.9. The third-order valence-electron chi connectivity index (χ3n) is 5.01. The van der Waals surface area contributed by atoms with Crippen LogP contribution in [0.1, 0.15) is 47.8 Å². The largest absolute Gasteiger partial charge is 0.351 e. The average Bonchev–Trinajstić information content (AvgIpc) is 3.27. The van der Waals surface area contributed by atoms with Crippen molar-refractivity contribution in [3.63, 3.8) is 0 Å². The maximum absolute atomic E-state index is 12.4. The molecule has 0 unspecified atom stereocenters. The summed E-state index contributed by atoms with van der Waals surface area (Å²) in [7, 11) is 0. The second-order valence-electron chi connectivity index (χ2n) is 7.03. The number of halogens is 1. The third kappa shape index (κ3) is 4.32. The molecular weight excluding hydrogens is 420 g/mol. The van der Waals surface area contributed by atoms with E-state index in [4.69, 9.17) is 0 Å². The summed E-state index contributed by atoms with van der Waals surface area (Å²) in [6.07, 6.45) is 6.31. The molecule has 4 rings (SSSR count). The first-order valence-corrected chi connectivity index (χ1v) is 10.5. The van der Waals surface area contributed by atoms with Gasteiger partial charge in [-0.15, -0.1) is 10.2 Å². The Hall–Kier alpha value is -2.48. The molecule has 0 saturated carbocycles. The first-order chi connectivity index (χ1) is 13.7. The maximum Gasteiger partial charge on any atom is 0.269 e. The van der Waals surface area contributed by atoms with Gasteiger partial charge in [0.25, 0.3) is 5.91 Å². The summed E-state index contributed by atoms with van der Waals surface area (Å²) in [5, 5.41) is 18.7. The molecule has 0 spiro atoms. The molecule has 146 valence electrons. The van der Waals surface area contributed by atoms with Crippen molar-refractivity contribution < 1.29 is 4.79 Å². The predicted molar refractivity (Wildman–Crippen MR) is 110 cm³/mol. The lowest BCUT2D eigenvalue weighted by atomic mass is 10.1. The van der Waals surface area contributed by atoms with Gasteiger partial charge in [-0.05, 0) is 37.5 Å². The number of benzene rings is 1. The monoisotopic (exact) mass is 442 g/mol. The van der Waals surface area contributed by atoms with Gasteiger partial charge in [-0.25, -0.2) is 0 Å². The highest BCUT2D eigenvalue weighted by Gasteiger charge is 2.15. The summed E-state index contributed by atoms with van der Waals surface area (Å²) < 4.78 is 3.27. The number of amides is 1. The Morgan fingerprint density at radius 1 is 1.18 bits per heavy atom. The number of aromatic amines is 1. The number of aryl methyl sites for hydroxylation is 2. The average molecular weight is 443 g/mol. The van der Waals surface area contributed by atoms with E-state index in [1.54, 1.807) is 6.07 Å². The third-order valence-corrected chi connectivity index (χ3v) is 5.54. The SMILES string of the molecule is O=C(NCCCc1nnc2n1CCCCC2)c1cc(-c2ccc(Br)cc2)n[nH]1. The minimum Gasteiger partial charge on any atom is -0.351 e. The van der Waals surface area contributed by atoms with Crippen LogP contribution >= 0.6 is 15.9 Å². The molecule has 2 aromatic heterocycles. The number of hydrogen-bond donors (Lipinski definition) is 2. The van der Waals surface area contributed by atoms with Gasteiger partial charge in [0.15, 0.2) is 0 Å². The maximum atomic E-state index is 12.4. The highest BCUT2D eigenvalue weighted by molar-refractivity contribution is 9.10. The van der Waals surface area contributed by atoms with Crippen molar-refractivity contribution in [1.82, 2.24) is 30.3 Å². The number of carbonyl (C=O) groups excluding carboxylic acids is 1. The van der Waals surface area contributed by atoms with E-state index in [1.165, 1.54) is 19.3 Å². The molecule has 0 bridgehead atoms. The van der Waals surface area contributed by atoms with Gasteiger partial charge >= 0.3 is 0 Å². The van der Waals surface area contributed by atoms with Crippen LogP contribution in [0.4, 0.5) is 0 Å². The molecule has 0 aliphatic carbocycles.